The third kappa shape index (κ3) is 72.2. The molecule has 0 aromatic carbocycles. The summed E-state index contributed by atoms with van der Waals surface area (Å²) in [7, 11) is 0. The van der Waals surface area contributed by atoms with E-state index in [-0.39, 0.29) is 12.5 Å². The predicted octanol–water partition coefficient (Wildman–Crippen LogP) is 26.6. The number of carbonyl (C=O) groups is 1. The number of rotatable bonds is 71. The molecule has 0 saturated carbocycles. The molecule has 496 valence electrons. The molecule has 0 aliphatic heterocycles. The van der Waals surface area contributed by atoms with Gasteiger partial charge in [0.2, 0.25) is 5.91 Å². The van der Waals surface area contributed by atoms with Crippen LogP contribution in [0.3, 0.4) is 0 Å². The van der Waals surface area contributed by atoms with Crippen LogP contribution in [-0.4, -0.2) is 34.9 Å². The zero-order valence-corrected chi connectivity index (χ0v) is 57.4. The van der Waals surface area contributed by atoms with E-state index < -0.39 is 12.1 Å². The maximum atomic E-state index is 12.6. The van der Waals surface area contributed by atoms with Crippen molar-refractivity contribution >= 4 is 5.91 Å². The van der Waals surface area contributed by atoms with Crippen molar-refractivity contribution in [2.75, 3.05) is 6.61 Å². The number of hydrogen-bond acceptors (Lipinski definition) is 3. The molecule has 4 heteroatoms. The fraction of sp³-hybridized carbons (Fsp3) is 0.815. The van der Waals surface area contributed by atoms with Crippen LogP contribution in [0.5, 0.6) is 0 Å². The highest BCUT2D eigenvalue weighted by Crippen LogP contribution is 2.19. The Balaban J connectivity index is 3.43. The minimum absolute atomic E-state index is 0.0669. The van der Waals surface area contributed by atoms with E-state index in [9.17, 15) is 15.0 Å². The van der Waals surface area contributed by atoms with E-state index in [2.05, 4.69) is 92.1 Å². The third-order valence-electron chi connectivity index (χ3n) is 17.6. The van der Waals surface area contributed by atoms with Crippen LogP contribution in [-0.2, 0) is 4.79 Å². The van der Waals surface area contributed by atoms with Crippen LogP contribution < -0.4 is 5.32 Å². The number of allylic oxidation sites excluding steroid dienone is 13. The first-order valence-corrected chi connectivity index (χ1v) is 38.3. The van der Waals surface area contributed by atoms with Gasteiger partial charge in [-0.2, -0.15) is 0 Å². The number of amides is 1. The van der Waals surface area contributed by atoms with Gasteiger partial charge in [-0.25, -0.2) is 0 Å². The van der Waals surface area contributed by atoms with Crippen molar-refractivity contribution in [3.05, 3.63) is 85.1 Å². The van der Waals surface area contributed by atoms with E-state index in [1.807, 2.05) is 6.08 Å². The second-order valence-electron chi connectivity index (χ2n) is 26.0. The van der Waals surface area contributed by atoms with Crippen LogP contribution in [0.15, 0.2) is 85.1 Å². The molecular weight excluding hydrogens is 1030 g/mol. The molecule has 85 heavy (non-hydrogen) atoms. The summed E-state index contributed by atoms with van der Waals surface area (Å²) in [6.45, 7) is 4.22. The Hall–Kier alpha value is -2.43. The summed E-state index contributed by atoms with van der Waals surface area (Å²) in [5.41, 5.74) is 0. The molecule has 3 N–H and O–H groups in total. The van der Waals surface area contributed by atoms with Crippen molar-refractivity contribution < 1.29 is 15.0 Å². The van der Waals surface area contributed by atoms with E-state index >= 15 is 0 Å². The first-order chi connectivity index (χ1) is 42.2. The highest BCUT2D eigenvalue weighted by molar-refractivity contribution is 5.76. The topological polar surface area (TPSA) is 69.6 Å². The van der Waals surface area contributed by atoms with E-state index in [0.717, 1.165) is 64.2 Å². The maximum absolute atomic E-state index is 12.6. The van der Waals surface area contributed by atoms with E-state index in [0.29, 0.717) is 6.42 Å². The fourth-order valence-corrected chi connectivity index (χ4v) is 11.9. The Morgan fingerprint density at radius 1 is 0.294 bits per heavy atom. The monoisotopic (exact) mass is 1180 g/mol. The zero-order chi connectivity index (χ0) is 61.2. The molecule has 2 unspecified atom stereocenters. The van der Waals surface area contributed by atoms with Gasteiger partial charge in [0.25, 0.3) is 0 Å². The molecule has 0 aliphatic rings. The molecule has 0 saturated heterocycles. The molecule has 0 heterocycles. The maximum Gasteiger partial charge on any atom is 0.220 e. The summed E-state index contributed by atoms with van der Waals surface area (Å²) >= 11 is 0. The summed E-state index contributed by atoms with van der Waals surface area (Å²) < 4.78 is 0. The molecule has 0 bridgehead atoms. The van der Waals surface area contributed by atoms with Gasteiger partial charge in [-0.05, 0) is 77.0 Å². The second-order valence-corrected chi connectivity index (χ2v) is 26.0. The van der Waals surface area contributed by atoms with Gasteiger partial charge in [0.05, 0.1) is 18.8 Å². The first kappa shape index (κ1) is 82.6. The highest BCUT2D eigenvalue weighted by atomic mass is 16.3. The second kappa shape index (κ2) is 75.8. The quantitative estimate of drug-likeness (QED) is 0.0420. The van der Waals surface area contributed by atoms with Gasteiger partial charge >= 0.3 is 0 Å². The van der Waals surface area contributed by atoms with Gasteiger partial charge in [-0.1, -0.05) is 407 Å². The first-order valence-electron chi connectivity index (χ1n) is 38.3. The van der Waals surface area contributed by atoms with Crippen molar-refractivity contribution in [3.8, 4) is 0 Å². The van der Waals surface area contributed by atoms with Gasteiger partial charge < -0.3 is 15.5 Å². The zero-order valence-electron chi connectivity index (χ0n) is 57.4. The minimum Gasteiger partial charge on any atom is -0.394 e. The molecule has 0 radical (unpaired) electrons. The number of carbonyl (C=O) groups excluding carboxylic acids is 1. The average Bonchev–Trinajstić information content (AvgIpc) is 3.51. The Bertz CT molecular complexity index is 1490. The van der Waals surface area contributed by atoms with Gasteiger partial charge in [0.15, 0.2) is 0 Å². The smallest absolute Gasteiger partial charge is 0.220 e. The molecule has 0 rings (SSSR count). The van der Waals surface area contributed by atoms with Crippen molar-refractivity contribution in [2.24, 2.45) is 0 Å². The van der Waals surface area contributed by atoms with Crippen LogP contribution in [0.25, 0.3) is 0 Å². The Kier molecular flexibility index (Phi) is 73.7. The predicted molar refractivity (Wildman–Crippen MR) is 382 cm³/mol. The van der Waals surface area contributed by atoms with E-state index in [1.165, 1.54) is 321 Å². The Morgan fingerprint density at radius 2 is 0.529 bits per heavy atom. The minimum atomic E-state index is -0.866. The molecule has 0 aliphatic carbocycles. The number of aliphatic hydroxyl groups excluding tert-OH is 2. The normalized spacial score (nSPS) is 13.1. The largest absolute Gasteiger partial charge is 0.394 e. The lowest BCUT2D eigenvalue weighted by Crippen LogP contribution is -2.45. The number of unbranched alkanes of at least 4 members (excludes halogenated alkanes) is 52. The van der Waals surface area contributed by atoms with Crippen molar-refractivity contribution in [1.29, 1.82) is 0 Å². The van der Waals surface area contributed by atoms with Crippen molar-refractivity contribution in [1.82, 2.24) is 5.32 Å². The third-order valence-corrected chi connectivity index (χ3v) is 17.6. The number of nitrogens with one attached hydrogen (secondary N) is 1. The summed E-state index contributed by atoms with van der Waals surface area (Å²) in [6, 6.07) is -0.642. The molecule has 0 aromatic rings. The summed E-state index contributed by atoms with van der Waals surface area (Å²) in [6.07, 6.45) is 111. The standard InChI is InChI=1S/C81H149NO3/c1-3-5-7-9-11-13-15-17-19-21-23-25-27-29-31-33-35-37-38-39-40-41-42-43-44-45-47-49-51-53-55-57-59-61-63-65-67-69-71-73-75-77-81(85)82-79(78-83)80(84)76-74-72-70-68-66-64-62-60-58-56-54-52-50-48-46-36-34-32-30-28-26-24-22-20-18-16-14-12-10-8-6-4-2/h5,7,11,13,17,19,23,25,29,31,66,68,74,76,79-80,83-84H,3-4,6,8-10,12,14-16,18,20-22,24,26-28,30,32-65,67,69-73,75,77-78H2,1-2H3,(H,82,85)/b7-5-,13-11-,19-17-,25-23-,31-29-,68-66+,76-74+. The van der Waals surface area contributed by atoms with Crippen LogP contribution in [0.2, 0.25) is 0 Å². The molecule has 0 spiro atoms. The summed E-state index contributed by atoms with van der Waals surface area (Å²) in [5.74, 6) is -0.0669. The van der Waals surface area contributed by atoms with Gasteiger partial charge in [0.1, 0.15) is 0 Å². The fourth-order valence-electron chi connectivity index (χ4n) is 11.9. The summed E-state index contributed by atoms with van der Waals surface area (Å²) in [5, 5.41) is 23.3. The lowest BCUT2D eigenvalue weighted by atomic mass is 10.0. The van der Waals surface area contributed by atoms with Gasteiger partial charge in [0, 0.05) is 6.42 Å². The number of hydrogen-bond donors (Lipinski definition) is 3. The Labute approximate surface area is 532 Å². The van der Waals surface area contributed by atoms with E-state index in [1.54, 1.807) is 6.08 Å². The lowest BCUT2D eigenvalue weighted by molar-refractivity contribution is -0.123. The van der Waals surface area contributed by atoms with Crippen LogP contribution in [0, 0.1) is 0 Å². The SMILES string of the molecule is CC/C=C\C/C=C\C/C=C\C/C=C\C/C=C\CCCCCCCCCCCCCCCCCCCCCCCCCCCC(=O)NC(CO)C(O)/C=C/CC/C=C/CCCCCCCCCCCCCCCCCCCCCCCCCCCC. The van der Waals surface area contributed by atoms with Crippen LogP contribution >= 0.6 is 0 Å². The van der Waals surface area contributed by atoms with E-state index in [4.69, 9.17) is 0 Å². The number of aliphatic hydroxyl groups is 2. The van der Waals surface area contributed by atoms with Crippen LogP contribution in [0.1, 0.15) is 406 Å². The molecule has 0 fully saturated rings. The molecule has 0 aromatic heterocycles. The highest BCUT2D eigenvalue weighted by Gasteiger charge is 2.18. The average molecular weight is 1190 g/mol. The summed E-state index contributed by atoms with van der Waals surface area (Å²) in [4.78, 5) is 12.6. The van der Waals surface area contributed by atoms with Gasteiger partial charge in [-0.3, -0.25) is 4.79 Å². The van der Waals surface area contributed by atoms with Gasteiger partial charge in [-0.15, -0.1) is 0 Å². The van der Waals surface area contributed by atoms with Crippen molar-refractivity contribution in [2.45, 2.75) is 418 Å². The molecular formula is C81H149NO3. The van der Waals surface area contributed by atoms with Crippen molar-refractivity contribution in [3.63, 3.8) is 0 Å². The molecule has 1 amide bonds. The molecule has 4 nitrogen and oxygen atoms in total. The van der Waals surface area contributed by atoms with Crippen LogP contribution in [0.4, 0.5) is 0 Å². The Morgan fingerprint density at radius 3 is 0.824 bits per heavy atom. The lowest BCUT2D eigenvalue weighted by Gasteiger charge is -2.19. The molecule has 2 atom stereocenters.